The summed E-state index contributed by atoms with van der Waals surface area (Å²) in [6, 6.07) is 0. The Morgan fingerprint density at radius 3 is 2.62 bits per heavy atom. The first-order valence-electron chi connectivity index (χ1n) is 10.4. The van der Waals surface area contributed by atoms with Crippen molar-refractivity contribution in [1.29, 1.82) is 0 Å². The second-order valence-electron chi connectivity index (χ2n) is 9.41. The smallest absolute Gasteiger partial charge is 0.305 e. The highest BCUT2D eigenvalue weighted by atomic mass is 16.5. The molecule has 0 bridgehead atoms. The Balaban J connectivity index is 1.82. The molecule has 0 aliphatic heterocycles. The summed E-state index contributed by atoms with van der Waals surface area (Å²) in [5, 5.41) is 10.1. The maximum atomic E-state index is 11.9. The van der Waals surface area contributed by atoms with Crippen molar-refractivity contribution in [3.63, 3.8) is 0 Å². The van der Waals surface area contributed by atoms with Crippen LogP contribution in [0.2, 0.25) is 0 Å². The van der Waals surface area contributed by atoms with Gasteiger partial charge in [-0.25, -0.2) is 0 Å². The molecular formula is C23H36O3. The van der Waals surface area contributed by atoms with Crippen LogP contribution in [-0.4, -0.2) is 24.3 Å². The van der Waals surface area contributed by atoms with Gasteiger partial charge in [0.1, 0.15) is 0 Å². The van der Waals surface area contributed by atoms with E-state index in [-0.39, 0.29) is 22.9 Å². The molecule has 3 saturated carbocycles. The number of ether oxygens (including phenoxy) is 1. The van der Waals surface area contributed by atoms with E-state index in [9.17, 15) is 9.90 Å². The Kier molecular flexibility index (Phi) is 5.40. The standard InChI is InChI=1S/C23H36O3/c1-6-16-13-18(24)9-11-22(16,3)20-10-12-23(4)17(14-21(25)26-5)7-8-19(23)15(20)2/h6,17-20,24H,2,7-14H2,1,3-5H3/b16-6-/t17?,18?,19?,20?,22-,23?/m0/s1. The van der Waals surface area contributed by atoms with Crippen molar-refractivity contribution >= 4 is 5.97 Å². The van der Waals surface area contributed by atoms with Gasteiger partial charge in [0.25, 0.3) is 0 Å². The van der Waals surface area contributed by atoms with Gasteiger partial charge in [-0.15, -0.1) is 0 Å². The lowest BCUT2D eigenvalue weighted by atomic mass is 9.52. The quantitative estimate of drug-likeness (QED) is 0.566. The van der Waals surface area contributed by atoms with Crippen LogP contribution in [-0.2, 0) is 9.53 Å². The van der Waals surface area contributed by atoms with Crippen LogP contribution < -0.4 is 0 Å². The van der Waals surface area contributed by atoms with Crippen LogP contribution in [0.3, 0.4) is 0 Å². The summed E-state index contributed by atoms with van der Waals surface area (Å²) in [6.07, 6.45) is 9.91. The van der Waals surface area contributed by atoms with Gasteiger partial charge in [-0.2, -0.15) is 0 Å². The molecule has 3 aliphatic rings. The summed E-state index contributed by atoms with van der Waals surface area (Å²) >= 11 is 0. The summed E-state index contributed by atoms with van der Waals surface area (Å²) in [5.74, 6) is 1.35. The van der Waals surface area contributed by atoms with E-state index < -0.39 is 0 Å². The molecule has 0 aromatic carbocycles. The van der Waals surface area contributed by atoms with Gasteiger partial charge in [0.15, 0.2) is 0 Å². The molecule has 3 nitrogen and oxygen atoms in total. The largest absolute Gasteiger partial charge is 0.469 e. The Labute approximate surface area is 158 Å². The van der Waals surface area contributed by atoms with Crippen LogP contribution in [0.15, 0.2) is 23.8 Å². The molecule has 0 radical (unpaired) electrons. The molecule has 3 rings (SSSR count). The first-order chi connectivity index (χ1) is 12.3. The van der Waals surface area contributed by atoms with E-state index in [1.54, 1.807) is 0 Å². The van der Waals surface area contributed by atoms with Crippen molar-refractivity contribution in [2.75, 3.05) is 7.11 Å². The molecule has 0 aromatic rings. The van der Waals surface area contributed by atoms with Crippen molar-refractivity contribution in [3.8, 4) is 0 Å². The van der Waals surface area contributed by atoms with Gasteiger partial charge in [0, 0.05) is 6.42 Å². The summed E-state index contributed by atoms with van der Waals surface area (Å²) < 4.78 is 4.94. The van der Waals surface area contributed by atoms with Crippen molar-refractivity contribution in [3.05, 3.63) is 23.8 Å². The average molecular weight is 361 g/mol. The zero-order valence-corrected chi connectivity index (χ0v) is 17.0. The van der Waals surface area contributed by atoms with Gasteiger partial charge in [-0.3, -0.25) is 4.79 Å². The predicted octanol–water partition coefficient (Wildman–Crippen LogP) is 5.05. The number of rotatable bonds is 3. The average Bonchev–Trinajstić information content (AvgIpc) is 2.94. The van der Waals surface area contributed by atoms with E-state index in [0.29, 0.717) is 24.2 Å². The highest BCUT2D eigenvalue weighted by Gasteiger charge is 2.55. The van der Waals surface area contributed by atoms with Gasteiger partial charge < -0.3 is 9.84 Å². The fourth-order valence-electron chi connectivity index (χ4n) is 6.59. The molecule has 0 aromatic heterocycles. The minimum Gasteiger partial charge on any atom is -0.469 e. The molecule has 5 unspecified atom stereocenters. The molecule has 3 aliphatic carbocycles. The Bertz CT molecular complexity index is 607. The van der Waals surface area contributed by atoms with Gasteiger partial charge in [-0.05, 0) is 80.5 Å². The number of hydrogen-bond acceptors (Lipinski definition) is 3. The number of carbonyl (C=O) groups is 1. The fraction of sp³-hybridized carbons (Fsp3) is 0.783. The van der Waals surface area contributed by atoms with Crippen LogP contribution in [0.1, 0.15) is 72.1 Å². The van der Waals surface area contributed by atoms with Crippen LogP contribution in [0.4, 0.5) is 0 Å². The number of methoxy groups -OCH3 is 1. The lowest BCUT2D eigenvalue weighted by Gasteiger charge is -2.53. The van der Waals surface area contributed by atoms with Gasteiger partial charge >= 0.3 is 5.97 Å². The third-order valence-electron chi connectivity index (χ3n) is 8.34. The summed E-state index contributed by atoms with van der Waals surface area (Å²) in [4.78, 5) is 11.9. The van der Waals surface area contributed by atoms with Gasteiger partial charge in [-0.1, -0.05) is 37.6 Å². The number of hydrogen-bond donors (Lipinski definition) is 1. The third-order valence-corrected chi connectivity index (χ3v) is 8.34. The number of carbonyl (C=O) groups excluding carboxylic acids is 1. The highest BCUT2D eigenvalue weighted by Crippen LogP contribution is 2.63. The molecular weight excluding hydrogens is 324 g/mol. The Hall–Kier alpha value is -1.09. The van der Waals surface area contributed by atoms with E-state index in [1.165, 1.54) is 18.3 Å². The molecule has 0 heterocycles. The van der Waals surface area contributed by atoms with Crippen LogP contribution >= 0.6 is 0 Å². The molecule has 0 spiro atoms. The number of fused-ring (bicyclic) bond motifs is 1. The lowest BCUT2D eigenvalue weighted by molar-refractivity contribution is -0.142. The lowest BCUT2D eigenvalue weighted by Crippen LogP contribution is -2.44. The molecule has 3 heteroatoms. The van der Waals surface area contributed by atoms with Crippen LogP contribution in [0.25, 0.3) is 0 Å². The molecule has 26 heavy (non-hydrogen) atoms. The number of esters is 1. The summed E-state index contributed by atoms with van der Waals surface area (Å²) in [5.41, 5.74) is 3.13. The van der Waals surface area contributed by atoms with Crippen molar-refractivity contribution in [2.24, 2.45) is 28.6 Å². The molecule has 1 N–H and O–H groups in total. The third kappa shape index (κ3) is 3.06. The molecule has 0 amide bonds. The maximum Gasteiger partial charge on any atom is 0.305 e. The molecule has 3 fully saturated rings. The van der Waals surface area contributed by atoms with E-state index in [1.807, 2.05) is 0 Å². The Morgan fingerprint density at radius 1 is 1.23 bits per heavy atom. The molecule has 6 atom stereocenters. The fourth-order valence-corrected chi connectivity index (χ4v) is 6.59. The van der Waals surface area contributed by atoms with Crippen molar-refractivity contribution < 1.29 is 14.6 Å². The maximum absolute atomic E-state index is 11.9. The highest BCUT2D eigenvalue weighted by molar-refractivity contribution is 5.69. The van der Waals surface area contributed by atoms with E-state index in [0.717, 1.165) is 44.9 Å². The second kappa shape index (κ2) is 7.14. The zero-order valence-electron chi connectivity index (χ0n) is 17.0. The monoisotopic (exact) mass is 360 g/mol. The summed E-state index contributed by atoms with van der Waals surface area (Å²) in [6.45, 7) is 11.5. The van der Waals surface area contributed by atoms with Crippen LogP contribution in [0, 0.1) is 28.6 Å². The van der Waals surface area contributed by atoms with Crippen LogP contribution in [0.5, 0.6) is 0 Å². The van der Waals surface area contributed by atoms with Gasteiger partial charge in [0.2, 0.25) is 0 Å². The van der Waals surface area contributed by atoms with E-state index in [4.69, 9.17) is 4.74 Å². The minimum atomic E-state index is -0.188. The first-order valence-corrected chi connectivity index (χ1v) is 10.4. The van der Waals surface area contributed by atoms with Gasteiger partial charge in [0.05, 0.1) is 13.2 Å². The zero-order chi connectivity index (χ0) is 19.1. The molecule has 146 valence electrons. The van der Waals surface area contributed by atoms with E-state index in [2.05, 4.69) is 33.4 Å². The topological polar surface area (TPSA) is 46.5 Å². The van der Waals surface area contributed by atoms with Crippen molar-refractivity contribution in [1.82, 2.24) is 0 Å². The number of aliphatic hydroxyl groups is 1. The van der Waals surface area contributed by atoms with Crippen molar-refractivity contribution in [2.45, 2.75) is 78.2 Å². The Morgan fingerprint density at radius 2 is 1.96 bits per heavy atom. The normalized spacial score (nSPS) is 44.8. The molecule has 0 saturated heterocycles. The predicted molar refractivity (Wildman–Crippen MR) is 105 cm³/mol. The summed E-state index contributed by atoms with van der Waals surface area (Å²) in [7, 11) is 1.49. The number of aliphatic hydroxyl groups excluding tert-OH is 1. The van der Waals surface area contributed by atoms with E-state index >= 15 is 0 Å². The minimum absolute atomic E-state index is 0.0750. The SMILES string of the molecule is C=C1C2CCC(CC(=O)OC)C2(C)CCC1[C@@]1(C)CCC(O)C/C1=C/C. The second-order valence-corrected chi connectivity index (χ2v) is 9.41. The number of allylic oxidation sites excluding steroid dienone is 2. The first kappa shape index (κ1) is 19.7.